The lowest BCUT2D eigenvalue weighted by molar-refractivity contribution is -0.617. The van der Waals surface area contributed by atoms with Crippen LogP contribution in [-0.2, 0) is 37.4 Å². The highest BCUT2D eigenvalue weighted by atomic mass is 32.2. The average Bonchev–Trinajstić information content (AvgIpc) is 2.92. The molecule has 4 rings (SSSR count). The smallest absolute Gasteiger partial charge is 0.485 e. The molecule has 45 heavy (non-hydrogen) atoms. The minimum atomic E-state index is -6.09. The quantitative estimate of drug-likeness (QED) is 0.133. The number of para-hydroxylation sites is 1. The van der Waals surface area contributed by atoms with Gasteiger partial charge in [-0.3, -0.25) is 9.59 Å². The summed E-state index contributed by atoms with van der Waals surface area (Å²) in [6, 6.07) is 19.3. The van der Waals surface area contributed by atoms with Crippen molar-refractivity contribution in [3.8, 4) is 0 Å². The van der Waals surface area contributed by atoms with Crippen LogP contribution in [0.2, 0.25) is 0 Å². The number of benzene rings is 3. The molecule has 3 aromatic carbocycles. The summed E-state index contributed by atoms with van der Waals surface area (Å²) in [5.74, 6) is -1.94. The van der Waals surface area contributed by atoms with Gasteiger partial charge in [-0.15, -0.1) is 0 Å². The molecule has 0 radical (unpaired) electrons. The molecule has 1 heterocycles. The number of carbonyl (C=O) groups excluding carboxylic acids is 1. The molecule has 242 valence electrons. The number of fused-ring (bicyclic) bond motifs is 2. The fourth-order valence-electron chi connectivity index (χ4n) is 4.66. The summed E-state index contributed by atoms with van der Waals surface area (Å²) in [4.78, 5) is 25.8. The van der Waals surface area contributed by atoms with Crippen LogP contribution >= 0.6 is 0 Å². The molecule has 0 aliphatic rings. The minimum Gasteiger partial charge on any atom is -0.741 e. The Morgan fingerprint density at radius 2 is 1.42 bits per heavy atom. The number of sulfonamides is 1. The van der Waals surface area contributed by atoms with Gasteiger partial charge in [-0.2, -0.15) is 17.7 Å². The summed E-state index contributed by atoms with van der Waals surface area (Å²) in [6.45, 7) is 7.46. The number of carboxylic acid groups (broad SMARTS) is 1. The van der Waals surface area contributed by atoms with Crippen molar-refractivity contribution in [3.63, 3.8) is 0 Å². The maximum atomic E-state index is 14.4. The third kappa shape index (κ3) is 7.60. The Kier molecular flexibility index (Phi) is 10.0. The predicted octanol–water partition coefficient (Wildman–Crippen LogP) is 4.78. The number of halogens is 3. The fourth-order valence-corrected chi connectivity index (χ4v) is 6.04. The van der Waals surface area contributed by atoms with Crippen molar-refractivity contribution in [1.82, 2.24) is 4.31 Å². The predicted molar refractivity (Wildman–Crippen MR) is 159 cm³/mol. The minimum absolute atomic E-state index is 0.0667. The van der Waals surface area contributed by atoms with Gasteiger partial charge < -0.3 is 9.66 Å². The van der Waals surface area contributed by atoms with Crippen molar-refractivity contribution in [1.29, 1.82) is 0 Å². The molecular weight excluding hydrogens is 637 g/mol. The van der Waals surface area contributed by atoms with Crippen LogP contribution in [0.5, 0.6) is 0 Å². The number of alkyl halides is 3. The van der Waals surface area contributed by atoms with Crippen LogP contribution in [0.3, 0.4) is 0 Å². The largest absolute Gasteiger partial charge is 0.741 e. The molecular formula is C30H31F3N2O8S2. The lowest BCUT2D eigenvalue weighted by atomic mass is 9.82. The molecule has 0 aliphatic carbocycles. The molecule has 1 aromatic heterocycles. The van der Waals surface area contributed by atoms with Gasteiger partial charge in [-0.1, -0.05) is 62.7 Å². The SMILES string of the molecule is Cc1ccc(S(=O)(=O)N(CCC(=O)O)C(=O)c2c3ccccc3[n+](C)c3cccc(C(C)(C)C)c23)cc1.O=S(=O)([O-])C(F)(F)F. The number of aromatic nitrogens is 1. The van der Waals surface area contributed by atoms with Gasteiger partial charge in [0, 0.05) is 18.7 Å². The van der Waals surface area contributed by atoms with Crippen molar-refractivity contribution in [2.75, 3.05) is 6.54 Å². The van der Waals surface area contributed by atoms with E-state index in [1.807, 2.05) is 69.6 Å². The number of nitrogens with zero attached hydrogens (tertiary/aromatic N) is 2. The first-order valence-corrected chi connectivity index (χ1v) is 16.2. The molecule has 1 N–H and O–H groups in total. The summed E-state index contributed by atoms with van der Waals surface area (Å²) in [5.41, 5.74) is -2.46. The molecule has 15 heteroatoms. The number of hydrogen-bond acceptors (Lipinski definition) is 7. The highest BCUT2D eigenvalue weighted by Gasteiger charge is 2.37. The monoisotopic (exact) mass is 668 g/mol. The van der Waals surface area contributed by atoms with Crippen molar-refractivity contribution >= 4 is 53.8 Å². The van der Waals surface area contributed by atoms with E-state index < -0.39 is 50.5 Å². The topological polar surface area (TPSA) is 153 Å². The highest BCUT2D eigenvalue weighted by molar-refractivity contribution is 7.89. The van der Waals surface area contributed by atoms with E-state index in [1.165, 1.54) is 12.1 Å². The molecule has 0 bridgehead atoms. The Bertz CT molecular complexity index is 1990. The van der Waals surface area contributed by atoms with Crippen molar-refractivity contribution in [2.45, 2.75) is 49.9 Å². The number of pyridine rings is 1. The molecule has 0 saturated carbocycles. The second-order valence-electron chi connectivity index (χ2n) is 11.1. The van der Waals surface area contributed by atoms with Crippen LogP contribution in [-0.4, -0.2) is 54.7 Å². The summed E-state index contributed by atoms with van der Waals surface area (Å²) in [6.07, 6.45) is -0.514. The van der Waals surface area contributed by atoms with Gasteiger partial charge >= 0.3 is 11.5 Å². The molecule has 0 unspecified atom stereocenters. The lowest BCUT2D eigenvalue weighted by Crippen LogP contribution is -2.40. The van der Waals surface area contributed by atoms with E-state index in [0.29, 0.717) is 15.1 Å². The van der Waals surface area contributed by atoms with Gasteiger partial charge in [-0.25, -0.2) is 21.1 Å². The van der Waals surface area contributed by atoms with E-state index in [0.717, 1.165) is 22.2 Å². The van der Waals surface area contributed by atoms with E-state index in [4.69, 9.17) is 13.0 Å². The van der Waals surface area contributed by atoms with E-state index in [1.54, 1.807) is 24.3 Å². The highest BCUT2D eigenvalue weighted by Crippen LogP contribution is 2.35. The summed E-state index contributed by atoms with van der Waals surface area (Å²) >= 11 is 0. The number of aryl methyl sites for hydroxylation is 2. The third-order valence-corrected chi connectivity index (χ3v) is 9.22. The number of carbonyl (C=O) groups is 2. The number of rotatable bonds is 6. The Balaban J connectivity index is 0.000000610. The van der Waals surface area contributed by atoms with Gasteiger partial charge in [0.05, 0.1) is 27.7 Å². The third-order valence-electron chi connectivity index (χ3n) is 6.86. The molecule has 1 amide bonds. The maximum absolute atomic E-state index is 14.4. The van der Waals surface area contributed by atoms with Crippen molar-refractivity contribution < 1.29 is 53.8 Å². The molecule has 0 spiro atoms. The van der Waals surface area contributed by atoms with Gasteiger partial charge in [0.15, 0.2) is 10.1 Å². The van der Waals surface area contributed by atoms with Crippen LogP contribution in [0.1, 0.15) is 48.7 Å². The van der Waals surface area contributed by atoms with E-state index >= 15 is 0 Å². The first kappa shape index (κ1) is 35.4. The van der Waals surface area contributed by atoms with Crippen molar-refractivity contribution in [2.24, 2.45) is 7.05 Å². The van der Waals surface area contributed by atoms with Crippen LogP contribution in [0.4, 0.5) is 13.2 Å². The van der Waals surface area contributed by atoms with Crippen LogP contribution < -0.4 is 4.57 Å². The van der Waals surface area contributed by atoms with Crippen molar-refractivity contribution in [3.05, 3.63) is 83.4 Å². The van der Waals surface area contributed by atoms with E-state index in [9.17, 15) is 36.3 Å². The second kappa shape index (κ2) is 12.7. The zero-order valence-corrected chi connectivity index (χ0v) is 26.5. The average molecular weight is 669 g/mol. The van der Waals surface area contributed by atoms with Gasteiger partial charge in [0.2, 0.25) is 11.0 Å². The van der Waals surface area contributed by atoms with Crippen LogP contribution in [0, 0.1) is 6.92 Å². The normalized spacial score (nSPS) is 12.5. The standard InChI is InChI=1S/C29H30N2O5S.CHF3O3S/c1-19-13-15-20(16-14-19)37(35,36)31(18-17-25(32)33)28(34)26-21-9-6-7-11-23(21)30(5)24-12-8-10-22(27(24)26)29(2,3)4;2-1(3,4)8(5,6)7/h6-16H,17-18H2,1-5H3;(H,5,6,7). The van der Waals surface area contributed by atoms with E-state index in [-0.39, 0.29) is 15.9 Å². The number of carboxylic acids is 1. The van der Waals surface area contributed by atoms with Gasteiger partial charge in [0.1, 0.15) is 7.05 Å². The zero-order chi connectivity index (χ0) is 34.1. The zero-order valence-electron chi connectivity index (χ0n) is 24.9. The number of aliphatic carboxylic acids is 1. The second-order valence-corrected chi connectivity index (χ2v) is 14.4. The Hall–Kier alpha value is -4.08. The molecule has 0 saturated heterocycles. The molecule has 4 aromatic rings. The number of hydrogen-bond donors (Lipinski definition) is 1. The summed E-state index contributed by atoms with van der Waals surface area (Å²) in [5, 5.41) is 10.6. The molecule has 10 nitrogen and oxygen atoms in total. The van der Waals surface area contributed by atoms with E-state index in [2.05, 4.69) is 0 Å². The Morgan fingerprint density at radius 3 is 1.93 bits per heavy atom. The first-order valence-electron chi connectivity index (χ1n) is 13.3. The first-order chi connectivity index (χ1) is 20.6. The Labute approximate surface area is 258 Å². The molecule has 0 fully saturated rings. The fraction of sp³-hybridized carbons (Fsp3) is 0.300. The summed E-state index contributed by atoms with van der Waals surface area (Å²) in [7, 11) is -8.52. The Morgan fingerprint density at radius 1 is 0.889 bits per heavy atom. The molecule has 0 atom stereocenters. The van der Waals surface area contributed by atoms with Crippen LogP contribution in [0.25, 0.3) is 21.8 Å². The number of amides is 1. The van der Waals surface area contributed by atoms with Crippen LogP contribution in [0.15, 0.2) is 71.6 Å². The summed E-state index contributed by atoms with van der Waals surface area (Å²) < 4.78 is 89.2. The molecule has 0 aliphatic heterocycles. The van der Waals surface area contributed by atoms with Gasteiger partial charge in [0.25, 0.3) is 15.9 Å². The lowest BCUT2D eigenvalue weighted by Gasteiger charge is -2.26. The van der Waals surface area contributed by atoms with Gasteiger partial charge in [-0.05, 0) is 36.1 Å². The maximum Gasteiger partial charge on any atom is 0.485 e.